The van der Waals surface area contributed by atoms with Gasteiger partial charge < -0.3 is 5.11 Å². The molecular weight excluding hydrogens is 258 g/mol. The largest absolute Gasteiger partial charge is 0.508 e. The zero-order chi connectivity index (χ0) is 14.7. The maximum atomic E-state index is 9.34. The predicted octanol–water partition coefficient (Wildman–Crippen LogP) is 3.77. The molecule has 0 aromatic heterocycles. The second-order valence-electron chi connectivity index (χ2n) is 6.25. The number of phenols is 1. The maximum absolute atomic E-state index is 9.34. The van der Waals surface area contributed by atoms with Gasteiger partial charge in [0.15, 0.2) is 0 Å². The number of phenolic OH excluding ortho intramolecular Hbond substituents is 1. The fraction of sp³-hybridized carbons (Fsp3) is 0.368. The Hall–Kier alpha value is -1.80. The van der Waals surface area contributed by atoms with Crippen LogP contribution in [0.3, 0.4) is 0 Å². The summed E-state index contributed by atoms with van der Waals surface area (Å²) in [7, 11) is 0. The molecule has 2 aromatic carbocycles. The third kappa shape index (κ3) is 3.85. The number of aromatic hydroxyl groups is 1. The summed E-state index contributed by atoms with van der Waals surface area (Å²) in [6.45, 7) is 5.58. The van der Waals surface area contributed by atoms with E-state index in [1.54, 1.807) is 12.1 Å². The zero-order valence-electron chi connectivity index (χ0n) is 12.6. The molecule has 0 bridgehead atoms. The fourth-order valence-electron chi connectivity index (χ4n) is 3.26. The van der Waals surface area contributed by atoms with Gasteiger partial charge in [0, 0.05) is 13.1 Å². The van der Waals surface area contributed by atoms with E-state index in [1.807, 2.05) is 12.1 Å². The van der Waals surface area contributed by atoms with Crippen LogP contribution in [0.15, 0.2) is 48.5 Å². The van der Waals surface area contributed by atoms with Crippen molar-refractivity contribution in [2.24, 2.45) is 5.92 Å². The lowest BCUT2D eigenvalue weighted by Gasteiger charge is -2.16. The molecule has 1 N–H and O–H groups in total. The van der Waals surface area contributed by atoms with Crippen LogP contribution in [0, 0.1) is 12.8 Å². The van der Waals surface area contributed by atoms with Gasteiger partial charge in [-0.3, -0.25) is 4.90 Å². The third-order valence-corrected chi connectivity index (χ3v) is 4.32. The van der Waals surface area contributed by atoms with Crippen molar-refractivity contribution in [3.05, 3.63) is 65.2 Å². The van der Waals surface area contributed by atoms with E-state index in [4.69, 9.17) is 0 Å². The molecule has 0 spiro atoms. The van der Waals surface area contributed by atoms with Crippen LogP contribution in [0.5, 0.6) is 5.75 Å². The molecule has 1 fully saturated rings. The molecule has 1 unspecified atom stereocenters. The van der Waals surface area contributed by atoms with Gasteiger partial charge in [-0.2, -0.15) is 0 Å². The van der Waals surface area contributed by atoms with Crippen LogP contribution in [0.1, 0.15) is 23.1 Å². The molecule has 1 aliphatic rings. The molecule has 0 radical (unpaired) electrons. The summed E-state index contributed by atoms with van der Waals surface area (Å²) in [5.41, 5.74) is 4.09. The lowest BCUT2D eigenvalue weighted by Crippen LogP contribution is -2.20. The van der Waals surface area contributed by atoms with Gasteiger partial charge in [-0.15, -0.1) is 0 Å². The minimum absolute atomic E-state index is 0.353. The summed E-state index contributed by atoms with van der Waals surface area (Å²) in [4.78, 5) is 2.56. The van der Waals surface area contributed by atoms with Gasteiger partial charge in [0.2, 0.25) is 0 Å². The molecule has 2 heteroatoms. The molecule has 0 aliphatic carbocycles. The van der Waals surface area contributed by atoms with Crippen molar-refractivity contribution in [3.63, 3.8) is 0 Å². The second-order valence-corrected chi connectivity index (χ2v) is 6.25. The monoisotopic (exact) mass is 281 g/mol. The molecule has 3 rings (SSSR count). The zero-order valence-corrected chi connectivity index (χ0v) is 12.6. The van der Waals surface area contributed by atoms with E-state index in [0.717, 1.165) is 18.9 Å². The normalized spacial score (nSPS) is 19.0. The fourth-order valence-corrected chi connectivity index (χ4v) is 3.26. The molecule has 0 amide bonds. The molecule has 0 saturated carbocycles. The summed E-state index contributed by atoms with van der Waals surface area (Å²) < 4.78 is 0. The number of nitrogens with zero attached hydrogens (tertiary/aromatic N) is 1. The number of aryl methyl sites for hydroxylation is 1. The molecule has 110 valence electrons. The highest BCUT2D eigenvalue weighted by atomic mass is 16.3. The van der Waals surface area contributed by atoms with Gasteiger partial charge in [-0.25, -0.2) is 0 Å². The lowest BCUT2D eigenvalue weighted by molar-refractivity contribution is 0.316. The number of benzene rings is 2. The van der Waals surface area contributed by atoms with Crippen molar-refractivity contribution in [1.29, 1.82) is 0 Å². The number of hydrogen-bond donors (Lipinski definition) is 1. The summed E-state index contributed by atoms with van der Waals surface area (Å²) in [5, 5.41) is 9.34. The second kappa shape index (κ2) is 6.31. The Bertz CT molecular complexity index is 591. The SMILES string of the molecule is Cc1cccc(CN2CCC(Cc3ccc(O)cc3)C2)c1. The van der Waals surface area contributed by atoms with E-state index in [1.165, 1.54) is 36.2 Å². The molecule has 1 saturated heterocycles. The number of hydrogen-bond acceptors (Lipinski definition) is 2. The van der Waals surface area contributed by atoms with Crippen molar-refractivity contribution in [3.8, 4) is 5.75 Å². The van der Waals surface area contributed by atoms with Gasteiger partial charge in [-0.1, -0.05) is 42.0 Å². The highest BCUT2D eigenvalue weighted by Crippen LogP contribution is 2.23. The average molecular weight is 281 g/mol. The van der Waals surface area contributed by atoms with Crippen LogP contribution in [-0.2, 0) is 13.0 Å². The number of rotatable bonds is 4. The van der Waals surface area contributed by atoms with Gasteiger partial charge in [0.1, 0.15) is 5.75 Å². The average Bonchev–Trinajstić information content (AvgIpc) is 2.89. The summed E-state index contributed by atoms with van der Waals surface area (Å²) in [5.74, 6) is 1.09. The lowest BCUT2D eigenvalue weighted by atomic mass is 9.99. The Kier molecular flexibility index (Phi) is 4.26. The minimum atomic E-state index is 0.353. The quantitative estimate of drug-likeness (QED) is 0.922. The van der Waals surface area contributed by atoms with E-state index in [-0.39, 0.29) is 0 Å². The van der Waals surface area contributed by atoms with Gasteiger partial charge >= 0.3 is 0 Å². The van der Waals surface area contributed by atoms with Crippen LogP contribution >= 0.6 is 0 Å². The predicted molar refractivity (Wildman–Crippen MR) is 86.4 cm³/mol. The van der Waals surface area contributed by atoms with Crippen LogP contribution in [0.4, 0.5) is 0 Å². The van der Waals surface area contributed by atoms with Crippen molar-refractivity contribution in [2.45, 2.75) is 26.3 Å². The summed E-state index contributed by atoms with van der Waals surface area (Å²) >= 11 is 0. The van der Waals surface area contributed by atoms with Gasteiger partial charge in [0.05, 0.1) is 0 Å². The number of likely N-dealkylation sites (tertiary alicyclic amines) is 1. The minimum Gasteiger partial charge on any atom is -0.508 e. The molecule has 21 heavy (non-hydrogen) atoms. The van der Waals surface area contributed by atoms with Crippen LogP contribution in [0.25, 0.3) is 0 Å². The van der Waals surface area contributed by atoms with E-state index in [2.05, 4.69) is 36.1 Å². The van der Waals surface area contributed by atoms with Crippen LogP contribution < -0.4 is 0 Å². The third-order valence-electron chi connectivity index (χ3n) is 4.32. The first kappa shape index (κ1) is 14.2. The highest BCUT2D eigenvalue weighted by molar-refractivity contribution is 5.26. The molecule has 2 aromatic rings. The first-order valence-corrected chi connectivity index (χ1v) is 7.75. The standard InChI is InChI=1S/C19H23NO/c1-15-3-2-4-17(11-15)13-20-10-9-18(14-20)12-16-5-7-19(21)8-6-16/h2-8,11,18,21H,9-10,12-14H2,1H3. The molecule has 2 nitrogen and oxygen atoms in total. The molecule has 1 heterocycles. The highest BCUT2D eigenvalue weighted by Gasteiger charge is 2.22. The molecule has 1 atom stereocenters. The Morgan fingerprint density at radius 2 is 1.90 bits per heavy atom. The van der Waals surface area contributed by atoms with Crippen molar-refractivity contribution < 1.29 is 5.11 Å². The summed E-state index contributed by atoms with van der Waals surface area (Å²) in [6.07, 6.45) is 2.39. The first-order valence-electron chi connectivity index (χ1n) is 7.75. The van der Waals surface area contributed by atoms with Crippen molar-refractivity contribution >= 4 is 0 Å². The topological polar surface area (TPSA) is 23.5 Å². The molecule has 1 aliphatic heterocycles. The Morgan fingerprint density at radius 3 is 2.67 bits per heavy atom. The van der Waals surface area contributed by atoms with Crippen molar-refractivity contribution in [1.82, 2.24) is 4.90 Å². The van der Waals surface area contributed by atoms with E-state index in [9.17, 15) is 5.11 Å². The molecular formula is C19H23NO. The maximum Gasteiger partial charge on any atom is 0.115 e. The summed E-state index contributed by atoms with van der Waals surface area (Å²) in [6, 6.07) is 16.5. The first-order chi connectivity index (χ1) is 10.2. The van der Waals surface area contributed by atoms with Crippen molar-refractivity contribution in [2.75, 3.05) is 13.1 Å². The smallest absolute Gasteiger partial charge is 0.115 e. The van der Waals surface area contributed by atoms with E-state index >= 15 is 0 Å². The Morgan fingerprint density at radius 1 is 1.10 bits per heavy atom. The van der Waals surface area contributed by atoms with Crippen LogP contribution in [-0.4, -0.2) is 23.1 Å². The van der Waals surface area contributed by atoms with Crippen LogP contribution in [0.2, 0.25) is 0 Å². The Labute approximate surface area is 127 Å². The van der Waals surface area contributed by atoms with Gasteiger partial charge in [-0.05, 0) is 55.5 Å². The van der Waals surface area contributed by atoms with Gasteiger partial charge in [0.25, 0.3) is 0 Å². The van der Waals surface area contributed by atoms with E-state index < -0.39 is 0 Å². The Balaban J connectivity index is 1.54. The van der Waals surface area contributed by atoms with E-state index in [0.29, 0.717) is 5.75 Å².